The number of ether oxygens (including phenoxy) is 1. The van der Waals surface area contributed by atoms with Gasteiger partial charge in [0.25, 0.3) is 5.91 Å². The lowest BCUT2D eigenvalue weighted by atomic mass is 9.97. The molecule has 136 valence electrons. The maximum Gasteiger partial charge on any atom is 0.260 e. The van der Waals surface area contributed by atoms with Crippen molar-refractivity contribution >= 4 is 11.7 Å². The standard InChI is InChI=1S/C19H23N5O2/c25-19(14-26-16-5-3-7-20-13-16)24-10-8-23(9-11-24)18-12-15-4-1-2-6-17(15)21-22-18/h3,5,7,12-13H,1-2,4,6,8-11,14H2. The van der Waals surface area contributed by atoms with Crippen LogP contribution < -0.4 is 9.64 Å². The van der Waals surface area contributed by atoms with Gasteiger partial charge in [0, 0.05) is 32.4 Å². The second kappa shape index (κ2) is 7.68. The molecule has 2 aromatic heterocycles. The van der Waals surface area contributed by atoms with Crippen LogP contribution in [0.2, 0.25) is 0 Å². The highest BCUT2D eigenvalue weighted by atomic mass is 16.5. The number of carbonyl (C=O) groups is 1. The highest BCUT2D eigenvalue weighted by molar-refractivity contribution is 5.78. The molecule has 2 aromatic rings. The van der Waals surface area contributed by atoms with Crippen molar-refractivity contribution in [2.45, 2.75) is 25.7 Å². The number of anilines is 1. The van der Waals surface area contributed by atoms with Crippen LogP contribution >= 0.6 is 0 Å². The molecule has 0 unspecified atom stereocenters. The molecule has 4 rings (SSSR count). The highest BCUT2D eigenvalue weighted by Crippen LogP contribution is 2.23. The lowest BCUT2D eigenvalue weighted by molar-refractivity contribution is -0.133. The minimum absolute atomic E-state index is 0.00466. The molecule has 0 saturated carbocycles. The minimum atomic E-state index is 0.00466. The lowest BCUT2D eigenvalue weighted by Gasteiger charge is -2.35. The van der Waals surface area contributed by atoms with Gasteiger partial charge in [0.2, 0.25) is 0 Å². The van der Waals surface area contributed by atoms with E-state index in [4.69, 9.17) is 4.74 Å². The molecule has 0 radical (unpaired) electrons. The van der Waals surface area contributed by atoms with Crippen molar-refractivity contribution in [3.63, 3.8) is 0 Å². The number of amides is 1. The van der Waals surface area contributed by atoms with Crippen LogP contribution in [0.25, 0.3) is 0 Å². The minimum Gasteiger partial charge on any atom is -0.482 e. The molecule has 1 saturated heterocycles. The lowest BCUT2D eigenvalue weighted by Crippen LogP contribution is -2.50. The Kier molecular flexibility index (Phi) is 4.95. The van der Waals surface area contributed by atoms with E-state index < -0.39 is 0 Å². The topological polar surface area (TPSA) is 71.5 Å². The van der Waals surface area contributed by atoms with Crippen molar-refractivity contribution in [1.82, 2.24) is 20.1 Å². The first-order chi connectivity index (χ1) is 12.8. The average molecular weight is 353 g/mol. The van der Waals surface area contributed by atoms with Gasteiger partial charge in [-0.15, -0.1) is 5.10 Å². The quantitative estimate of drug-likeness (QED) is 0.829. The summed E-state index contributed by atoms with van der Waals surface area (Å²) >= 11 is 0. The van der Waals surface area contributed by atoms with Crippen LogP contribution in [-0.2, 0) is 17.6 Å². The number of carbonyl (C=O) groups excluding carboxylic acids is 1. The van der Waals surface area contributed by atoms with Crippen LogP contribution in [-0.4, -0.2) is 58.8 Å². The van der Waals surface area contributed by atoms with Crippen LogP contribution in [0.4, 0.5) is 5.82 Å². The number of hydrogen-bond donors (Lipinski definition) is 0. The molecule has 0 N–H and O–H groups in total. The number of hydrogen-bond acceptors (Lipinski definition) is 6. The van der Waals surface area contributed by atoms with Crippen molar-refractivity contribution in [3.8, 4) is 5.75 Å². The molecular weight excluding hydrogens is 330 g/mol. The highest BCUT2D eigenvalue weighted by Gasteiger charge is 2.23. The van der Waals surface area contributed by atoms with Gasteiger partial charge in [-0.2, -0.15) is 5.10 Å². The van der Waals surface area contributed by atoms with Gasteiger partial charge in [-0.1, -0.05) is 0 Å². The summed E-state index contributed by atoms with van der Waals surface area (Å²) in [6, 6.07) is 5.77. The smallest absolute Gasteiger partial charge is 0.260 e. The molecule has 7 heteroatoms. The number of fused-ring (bicyclic) bond motifs is 1. The fourth-order valence-corrected chi connectivity index (χ4v) is 3.49. The number of aromatic nitrogens is 3. The fourth-order valence-electron chi connectivity index (χ4n) is 3.49. The van der Waals surface area contributed by atoms with Gasteiger partial charge >= 0.3 is 0 Å². The first kappa shape index (κ1) is 16.8. The third kappa shape index (κ3) is 3.76. The number of aryl methyl sites for hydroxylation is 2. The molecule has 7 nitrogen and oxygen atoms in total. The van der Waals surface area contributed by atoms with E-state index in [2.05, 4.69) is 26.1 Å². The third-order valence-corrected chi connectivity index (χ3v) is 5.01. The Morgan fingerprint density at radius 1 is 1.12 bits per heavy atom. The van der Waals surface area contributed by atoms with Crippen molar-refractivity contribution < 1.29 is 9.53 Å². The molecule has 26 heavy (non-hydrogen) atoms. The molecule has 3 heterocycles. The summed E-state index contributed by atoms with van der Waals surface area (Å²) in [6.07, 6.45) is 7.88. The average Bonchev–Trinajstić information content (AvgIpc) is 2.72. The zero-order valence-corrected chi connectivity index (χ0v) is 14.8. The largest absolute Gasteiger partial charge is 0.482 e. The predicted molar refractivity (Wildman–Crippen MR) is 97.2 cm³/mol. The van der Waals surface area contributed by atoms with Crippen molar-refractivity contribution in [2.75, 3.05) is 37.7 Å². The Hall–Kier alpha value is -2.70. The Balaban J connectivity index is 1.30. The summed E-state index contributed by atoms with van der Waals surface area (Å²) in [5.74, 6) is 1.55. The Morgan fingerprint density at radius 3 is 2.77 bits per heavy atom. The summed E-state index contributed by atoms with van der Waals surface area (Å²) in [6.45, 7) is 2.94. The molecule has 0 spiro atoms. The van der Waals surface area contributed by atoms with E-state index >= 15 is 0 Å². The van der Waals surface area contributed by atoms with Crippen LogP contribution in [0.3, 0.4) is 0 Å². The zero-order valence-electron chi connectivity index (χ0n) is 14.8. The van der Waals surface area contributed by atoms with Crippen LogP contribution in [0, 0.1) is 0 Å². The van der Waals surface area contributed by atoms with Crippen LogP contribution in [0.1, 0.15) is 24.1 Å². The SMILES string of the molecule is O=C(COc1cccnc1)N1CCN(c2cc3c(nn2)CCCC3)CC1. The number of piperazine rings is 1. The van der Waals surface area contributed by atoms with Gasteiger partial charge < -0.3 is 14.5 Å². The maximum absolute atomic E-state index is 12.3. The molecule has 1 aliphatic carbocycles. The summed E-state index contributed by atoms with van der Waals surface area (Å²) in [5.41, 5.74) is 2.49. The maximum atomic E-state index is 12.3. The number of rotatable bonds is 4. The molecular formula is C19H23N5O2. The van der Waals surface area contributed by atoms with Gasteiger partial charge in [0.1, 0.15) is 5.75 Å². The van der Waals surface area contributed by atoms with E-state index in [1.54, 1.807) is 24.5 Å². The van der Waals surface area contributed by atoms with E-state index in [9.17, 15) is 4.79 Å². The number of pyridine rings is 1. The summed E-state index contributed by atoms with van der Waals surface area (Å²) in [5, 5.41) is 8.82. The Morgan fingerprint density at radius 2 is 1.96 bits per heavy atom. The normalized spacial score (nSPS) is 16.9. The molecule has 0 atom stereocenters. The van der Waals surface area contributed by atoms with Gasteiger partial charge in [-0.05, 0) is 49.4 Å². The van der Waals surface area contributed by atoms with Crippen molar-refractivity contribution in [3.05, 3.63) is 41.9 Å². The second-order valence-electron chi connectivity index (χ2n) is 6.73. The molecule has 0 bridgehead atoms. The van der Waals surface area contributed by atoms with E-state index in [-0.39, 0.29) is 12.5 Å². The predicted octanol–water partition coefficient (Wildman–Crippen LogP) is 1.48. The van der Waals surface area contributed by atoms with E-state index in [0.29, 0.717) is 18.8 Å². The van der Waals surface area contributed by atoms with Gasteiger partial charge in [-0.25, -0.2) is 0 Å². The van der Waals surface area contributed by atoms with Gasteiger partial charge in [0.15, 0.2) is 12.4 Å². The van der Waals surface area contributed by atoms with Crippen LogP contribution in [0.15, 0.2) is 30.6 Å². The van der Waals surface area contributed by atoms with Gasteiger partial charge in [-0.3, -0.25) is 9.78 Å². The van der Waals surface area contributed by atoms with E-state index in [1.807, 2.05) is 4.90 Å². The van der Waals surface area contributed by atoms with Crippen molar-refractivity contribution in [2.24, 2.45) is 0 Å². The van der Waals surface area contributed by atoms with Crippen molar-refractivity contribution in [1.29, 1.82) is 0 Å². The summed E-state index contributed by atoms with van der Waals surface area (Å²) in [4.78, 5) is 20.4. The molecule has 2 aliphatic rings. The molecule has 1 aliphatic heterocycles. The Labute approximate surface area is 153 Å². The monoisotopic (exact) mass is 353 g/mol. The molecule has 1 fully saturated rings. The molecule has 0 aromatic carbocycles. The Bertz CT molecular complexity index is 760. The first-order valence-electron chi connectivity index (χ1n) is 9.20. The van der Waals surface area contributed by atoms with E-state index in [1.165, 1.54) is 18.4 Å². The van der Waals surface area contributed by atoms with Gasteiger partial charge in [0.05, 0.1) is 11.9 Å². The van der Waals surface area contributed by atoms with Crippen LogP contribution in [0.5, 0.6) is 5.75 Å². The second-order valence-corrected chi connectivity index (χ2v) is 6.73. The first-order valence-corrected chi connectivity index (χ1v) is 9.20. The summed E-state index contributed by atoms with van der Waals surface area (Å²) < 4.78 is 5.51. The zero-order chi connectivity index (χ0) is 17.8. The summed E-state index contributed by atoms with van der Waals surface area (Å²) in [7, 11) is 0. The fraction of sp³-hybridized carbons (Fsp3) is 0.474. The third-order valence-electron chi connectivity index (χ3n) is 5.01. The number of nitrogens with zero attached hydrogens (tertiary/aromatic N) is 5. The molecule has 1 amide bonds. The van der Waals surface area contributed by atoms with E-state index in [0.717, 1.165) is 37.4 Å².